The molecule has 8 heteroatoms. The highest BCUT2D eigenvalue weighted by Gasteiger charge is 2.06. The van der Waals surface area contributed by atoms with Crippen molar-refractivity contribution >= 4 is 17.6 Å². The molecule has 0 spiro atoms. The van der Waals surface area contributed by atoms with Crippen molar-refractivity contribution < 1.29 is 9.59 Å². The Labute approximate surface area is 97.9 Å². The van der Waals surface area contributed by atoms with E-state index in [0.717, 1.165) is 0 Å². The molecule has 0 bridgehead atoms. The zero-order valence-electron chi connectivity index (χ0n) is 9.36. The maximum atomic E-state index is 11.5. The molecule has 1 heterocycles. The van der Waals surface area contributed by atoms with E-state index in [1.165, 1.54) is 19.1 Å². The third kappa shape index (κ3) is 4.43. The van der Waals surface area contributed by atoms with Gasteiger partial charge >= 0.3 is 0 Å². The molecule has 1 aromatic heterocycles. The number of hydrazine groups is 1. The molecule has 0 fully saturated rings. The monoisotopic (exact) mass is 238 g/mol. The molecule has 0 saturated heterocycles. The van der Waals surface area contributed by atoms with Crippen LogP contribution < -0.4 is 21.9 Å². The van der Waals surface area contributed by atoms with Gasteiger partial charge < -0.3 is 16.1 Å². The highest BCUT2D eigenvalue weighted by Crippen LogP contribution is 1.99. The number of carbonyl (C=O) groups excluding carboxylic acids is 2. The Morgan fingerprint density at radius 1 is 1.24 bits per heavy atom. The Balaban J connectivity index is 2.38. The van der Waals surface area contributed by atoms with Gasteiger partial charge in [-0.25, -0.2) is 5.84 Å². The molecule has 0 unspecified atom stereocenters. The SMILES string of the molecule is CC(=O)NCCNC(=O)c1ccc(NN)nn1. The van der Waals surface area contributed by atoms with Gasteiger partial charge in [-0.15, -0.1) is 10.2 Å². The molecule has 2 amide bonds. The number of nitrogen functional groups attached to an aromatic ring is 1. The Morgan fingerprint density at radius 2 is 1.94 bits per heavy atom. The quantitative estimate of drug-likeness (QED) is 0.285. The van der Waals surface area contributed by atoms with Gasteiger partial charge in [-0.05, 0) is 12.1 Å². The molecule has 0 aromatic carbocycles. The van der Waals surface area contributed by atoms with Crippen LogP contribution in [0, 0.1) is 0 Å². The smallest absolute Gasteiger partial charge is 0.271 e. The fraction of sp³-hybridized carbons (Fsp3) is 0.333. The Morgan fingerprint density at radius 3 is 2.47 bits per heavy atom. The van der Waals surface area contributed by atoms with Gasteiger partial charge in [0.15, 0.2) is 11.5 Å². The van der Waals surface area contributed by atoms with Crippen molar-refractivity contribution in [3.8, 4) is 0 Å². The van der Waals surface area contributed by atoms with E-state index in [9.17, 15) is 9.59 Å². The first-order valence-electron chi connectivity index (χ1n) is 4.96. The van der Waals surface area contributed by atoms with Crippen molar-refractivity contribution in [1.82, 2.24) is 20.8 Å². The fourth-order valence-electron chi connectivity index (χ4n) is 1.04. The summed E-state index contributed by atoms with van der Waals surface area (Å²) in [4.78, 5) is 22.1. The number of nitrogens with one attached hydrogen (secondary N) is 3. The summed E-state index contributed by atoms with van der Waals surface area (Å²) in [5.74, 6) is 4.99. The van der Waals surface area contributed by atoms with E-state index >= 15 is 0 Å². The van der Waals surface area contributed by atoms with Crippen LogP contribution in [0.1, 0.15) is 17.4 Å². The summed E-state index contributed by atoms with van der Waals surface area (Å²) in [6.45, 7) is 2.11. The summed E-state index contributed by atoms with van der Waals surface area (Å²) < 4.78 is 0. The molecule has 5 N–H and O–H groups in total. The molecular weight excluding hydrogens is 224 g/mol. The zero-order valence-corrected chi connectivity index (χ0v) is 9.36. The molecule has 92 valence electrons. The summed E-state index contributed by atoms with van der Waals surface area (Å²) in [6, 6.07) is 3.03. The second kappa shape index (κ2) is 6.38. The average Bonchev–Trinajstić information content (AvgIpc) is 2.34. The first-order chi connectivity index (χ1) is 8.13. The number of nitrogens with two attached hydrogens (primary N) is 1. The van der Waals surface area contributed by atoms with E-state index < -0.39 is 0 Å². The van der Waals surface area contributed by atoms with Crippen LogP contribution in [0.5, 0.6) is 0 Å². The van der Waals surface area contributed by atoms with Crippen molar-refractivity contribution in [3.05, 3.63) is 17.8 Å². The number of rotatable bonds is 5. The lowest BCUT2D eigenvalue weighted by atomic mass is 10.3. The number of hydrogen-bond donors (Lipinski definition) is 4. The summed E-state index contributed by atoms with van der Waals surface area (Å²) in [7, 11) is 0. The molecular formula is C9H14N6O2. The Bertz CT molecular complexity index is 391. The lowest BCUT2D eigenvalue weighted by Crippen LogP contribution is -2.34. The highest BCUT2D eigenvalue weighted by atomic mass is 16.2. The van der Waals surface area contributed by atoms with Gasteiger partial charge in [0.2, 0.25) is 5.91 Å². The third-order valence-electron chi connectivity index (χ3n) is 1.83. The van der Waals surface area contributed by atoms with Crippen LogP contribution >= 0.6 is 0 Å². The van der Waals surface area contributed by atoms with Gasteiger partial charge in [-0.2, -0.15) is 0 Å². The molecule has 0 aliphatic carbocycles. The average molecular weight is 238 g/mol. The predicted molar refractivity (Wildman–Crippen MR) is 60.9 cm³/mol. The van der Waals surface area contributed by atoms with Gasteiger partial charge in [-0.3, -0.25) is 9.59 Å². The Kier molecular flexibility index (Phi) is 4.82. The molecule has 0 saturated carbocycles. The van der Waals surface area contributed by atoms with E-state index in [-0.39, 0.29) is 17.5 Å². The minimum atomic E-state index is -0.355. The first-order valence-corrected chi connectivity index (χ1v) is 4.96. The number of anilines is 1. The molecule has 0 atom stereocenters. The zero-order chi connectivity index (χ0) is 12.7. The van der Waals surface area contributed by atoms with Crippen LogP contribution in [0.3, 0.4) is 0 Å². The minimum absolute atomic E-state index is 0.141. The minimum Gasteiger partial charge on any atom is -0.355 e. The second-order valence-electron chi connectivity index (χ2n) is 3.19. The lowest BCUT2D eigenvalue weighted by molar-refractivity contribution is -0.118. The van der Waals surface area contributed by atoms with E-state index in [1.54, 1.807) is 0 Å². The molecule has 17 heavy (non-hydrogen) atoms. The van der Waals surface area contributed by atoms with Crippen molar-refractivity contribution in [3.63, 3.8) is 0 Å². The number of aromatic nitrogens is 2. The second-order valence-corrected chi connectivity index (χ2v) is 3.19. The number of hydrogen-bond acceptors (Lipinski definition) is 6. The number of carbonyl (C=O) groups is 2. The van der Waals surface area contributed by atoms with Crippen LogP contribution in [0.25, 0.3) is 0 Å². The van der Waals surface area contributed by atoms with Crippen LogP contribution in [-0.2, 0) is 4.79 Å². The summed E-state index contributed by atoms with van der Waals surface area (Å²) >= 11 is 0. The van der Waals surface area contributed by atoms with Crippen LogP contribution in [0.4, 0.5) is 5.82 Å². The predicted octanol–water partition coefficient (Wildman–Crippen LogP) is -1.37. The summed E-state index contributed by atoms with van der Waals surface area (Å²) in [5.41, 5.74) is 2.49. The molecule has 8 nitrogen and oxygen atoms in total. The molecule has 0 aliphatic heterocycles. The molecule has 0 aliphatic rings. The first kappa shape index (κ1) is 12.8. The normalized spacial score (nSPS) is 9.53. The maximum absolute atomic E-state index is 11.5. The van der Waals surface area contributed by atoms with Gasteiger partial charge in [0, 0.05) is 20.0 Å². The standard InChI is InChI=1S/C9H14N6O2/c1-6(16)11-4-5-12-9(17)7-2-3-8(13-10)15-14-7/h2-3H,4-5,10H2,1H3,(H,11,16)(H,12,17)(H,13,15). The van der Waals surface area contributed by atoms with E-state index in [1.807, 2.05) is 0 Å². The fourth-order valence-corrected chi connectivity index (χ4v) is 1.04. The van der Waals surface area contributed by atoms with Gasteiger partial charge in [-0.1, -0.05) is 0 Å². The van der Waals surface area contributed by atoms with Crippen molar-refractivity contribution in [2.24, 2.45) is 5.84 Å². The Hall–Kier alpha value is -2.22. The van der Waals surface area contributed by atoms with Gasteiger partial charge in [0.05, 0.1) is 0 Å². The van der Waals surface area contributed by atoms with Crippen LogP contribution in [0.15, 0.2) is 12.1 Å². The van der Waals surface area contributed by atoms with Crippen LogP contribution in [-0.4, -0.2) is 35.1 Å². The van der Waals surface area contributed by atoms with E-state index in [0.29, 0.717) is 18.9 Å². The van der Waals surface area contributed by atoms with Crippen molar-refractivity contribution in [1.29, 1.82) is 0 Å². The number of nitrogens with zero attached hydrogens (tertiary/aromatic N) is 2. The van der Waals surface area contributed by atoms with Gasteiger partial charge in [0.1, 0.15) is 0 Å². The van der Waals surface area contributed by atoms with Crippen LogP contribution in [0.2, 0.25) is 0 Å². The maximum Gasteiger partial charge on any atom is 0.271 e. The third-order valence-corrected chi connectivity index (χ3v) is 1.83. The highest BCUT2D eigenvalue weighted by molar-refractivity contribution is 5.92. The lowest BCUT2D eigenvalue weighted by Gasteiger charge is -2.05. The molecule has 0 radical (unpaired) electrons. The number of amides is 2. The van der Waals surface area contributed by atoms with E-state index in [4.69, 9.17) is 5.84 Å². The van der Waals surface area contributed by atoms with Gasteiger partial charge in [0.25, 0.3) is 5.91 Å². The van der Waals surface area contributed by atoms with Crippen molar-refractivity contribution in [2.45, 2.75) is 6.92 Å². The molecule has 1 aromatic rings. The largest absolute Gasteiger partial charge is 0.355 e. The molecule has 1 rings (SSSR count). The van der Waals surface area contributed by atoms with E-state index in [2.05, 4.69) is 26.3 Å². The summed E-state index contributed by atoms with van der Waals surface area (Å²) in [6.07, 6.45) is 0. The summed E-state index contributed by atoms with van der Waals surface area (Å²) in [5, 5.41) is 12.5. The van der Waals surface area contributed by atoms with Crippen molar-refractivity contribution in [2.75, 3.05) is 18.5 Å². The topological polar surface area (TPSA) is 122 Å².